The summed E-state index contributed by atoms with van der Waals surface area (Å²) in [4.78, 5) is 26.9. The SMILES string of the molecule is CCN(Cc1ccccc1)C(=O)C1CC1C(=O)NCCCc1ccccc1. The summed E-state index contributed by atoms with van der Waals surface area (Å²) in [5.41, 5.74) is 2.40. The van der Waals surface area contributed by atoms with Gasteiger partial charge in [-0.1, -0.05) is 60.7 Å². The Kier molecular flexibility index (Phi) is 6.64. The van der Waals surface area contributed by atoms with Crippen LogP contribution < -0.4 is 5.32 Å². The van der Waals surface area contributed by atoms with E-state index in [1.165, 1.54) is 5.56 Å². The predicted octanol–water partition coefficient (Wildman–Crippen LogP) is 3.42. The fourth-order valence-corrected chi connectivity index (χ4v) is 3.42. The van der Waals surface area contributed by atoms with Gasteiger partial charge in [0.15, 0.2) is 0 Å². The van der Waals surface area contributed by atoms with Crippen LogP contribution in [0.3, 0.4) is 0 Å². The zero-order valence-corrected chi connectivity index (χ0v) is 15.9. The highest BCUT2D eigenvalue weighted by Crippen LogP contribution is 2.40. The van der Waals surface area contributed by atoms with Crippen LogP contribution in [0.4, 0.5) is 0 Å². The normalized spacial score (nSPS) is 18.0. The van der Waals surface area contributed by atoms with Crippen LogP contribution in [0.25, 0.3) is 0 Å². The third kappa shape index (κ3) is 5.43. The number of nitrogens with one attached hydrogen (secondary N) is 1. The van der Waals surface area contributed by atoms with E-state index in [2.05, 4.69) is 17.4 Å². The second-order valence-electron chi connectivity index (χ2n) is 7.17. The monoisotopic (exact) mass is 364 g/mol. The molecule has 0 radical (unpaired) electrons. The smallest absolute Gasteiger partial charge is 0.226 e. The second-order valence-corrected chi connectivity index (χ2v) is 7.17. The Morgan fingerprint density at radius 1 is 0.963 bits per heavy atom. The number of aryl methyl sites for hydroxylation is 1. The maximum absolute atomic E-state index is 12.7. The lowest BCUT2D eigenvalue weighted by molar-refractivity contribution is -0.135. The van der Waals surface area contributed by atoms with E-state index in [0.29, 0.717) is 26.1 Å². The lowest BCUT2D eigenvalue weighted by Gasteiger charge is -2.21. The second kappa shape index (κ2) is 9.36. The van der Waals surface area contributed by atoms with Crippen molar-refractivity contribution in [3.05, 3.63) is 71.8 Å². The molecule has 27 heavy (non-hydrogen) atoms. The standard InChI is InChI=1S/C23H28N2O2/c1-2-25(17-19-12-7-4-8-13-19)23(27)21-16-20(21)22(26)24-15-9-14-18-10-5-3-6-11-18/h3-8,10-13,20-21H,2,9,14-17H2,1H3,(H,24,26). The van der Waals surface area contributed by atoms with Crippen LogP contribution in [0, 0.1) is 11.8 Å². The summed E-state index contributed by atoms with van der Waals surface area (Å²) in [6.07, 6.45) is 2.54. The average molecular weight is 364 g/mol. The molecule has 2 amide bonds. The first-order valence-electron chi connectivity index (χ1n) is 9.83. The lowest BCUT2D eigenvalue weighted by atomic mass is 10.1. The summed E-state index contributed by atoms with van der Waals surface area (Å²) in [5.74, 6) is -0.176. The molecule has 2 atom stereocenters. The van der Waals surface area contributed by atoms with Crippen molar-refractivity contribution in [3.8, 4) is 0 Å². The number of amides is 2. The molecule has 1 saturated carbocycles. The molecule has 2 aromatic carbocycles. The Hall–Kier alpha value is -2.62. The van der Waals surface area contributed by atoms with E-state index in [9.17, 15) is 9.59 Å². The zero-order valence-electron chi connectivity index (χ0n) is 15.9. The summed E-state index contributed by atoms with van der Waals surface area (Å²) < 4.78 is 0. The van der Waals surface area contributed by atoms with Crippen LogP contribution in [0.2, 0.25) is 0 Å². The van der Waals surface area contributed by atoms with Crippen molar-refractivity contribution >= 4 is 11.8 Å². The minimum atomic E-state index is -0.154. The van der Waals surface area contributed by atoms with Crippen molar-refractivity contribution in [2.75, 3.05) is 13.1 Å². The van der Waals surface area contributed by atoms with Crippen molar-refractivity contribution in [1.29, 1.82) is 0 Å². The summed E-state index contributed by atoms with van der Waals surface area (Å²) >= 11 is 0. The van der Waals surface area contributed by atoms with Crippen LogP contribution in [-0.4, -0.2) is 29.8 Å². The molecule has 4 heteroatoms. The number of carbonyl (C=O) groups is 2. The third-order valence-corrected chi connectivity index (χ3v) is 5.14. The number of rotatable bonds is 9. The van der Waals surface area contributed by atoms with Crippen LogP contribution in [-0.2, 0) is 22.6 Å². The molecule has 1 aliphatic rings. The molecule has 2 unspecified atom stereocenters. The Morgan fingerprint density at radius 3 is 2.22 bits per heavy atom. The maximum atomic E-state index is 12.7. The first kappa shape index (κ1) is 19.2. The average Bonchev–Trinajstić information content (AvgIpc) is 3.51. The van der Waals surface area contributed by atoms with E-state index >= 15 is 0 Å². The lowest BCUT2D eigenvalue weighted by Crippen LogP contribution is -2.34. The Morgan fingerprint density at radius 2 is 1.59 bits per heavy atom. The molecule has 0 aromatic heterocycles. The van der Waals surface area contributed by atoms with Crippen molar-refractivity contribution in [1.82, 2.24) is 10.2 Å². The molecule has 1 N–H and O–H groups in total. The van der Waals surface area contributed by atoms with Crippen molar-refractivity contribution in [2.45, 2.75) is 32.7 Å². The summed E-state index contributed by atoms with van der Waals surface area (Å²) in [7, 11) is 0. The van der Waals surface area contributed by atoms with E-state index in [0.717, 1.165) is 18.4 Å². The van der Waals surface area contributed by atoms with Gasteiger partial charge in [0.05, 0.1) is 11.8 Å². The van der Waals surface area contributed by atoms with Gasteiger partial charge in [-0.25, -0.2) is 0 Å². The van der Waals surface area contributed by atoms with Gasteiger partial charge in [-0.05, 0) is 37.3 Å². The highest BCUT2D eigenvalue weighted by molar-refractivity contribution is 5.92. The predicted molar refractivity (Wildman–Crippen MR) is 107 cm³/mol. The number of carbonyl (C=O) groups excluding carboxylic acids is 2. The van der Waals surface area contributed by atoms with Crippen molar-refractivity contribution < 1.29 is 9.59 Å². The molecule has 0 saturated heterocycles. The van der Waals surface area contributed by atoms with Gasteiger partial charge in [-0.3, -0.25) is 9.59 Å². The van der Waals surface area contributed by atoms with Crippen LogP contribution in [0.5, 0.6) is 0 Å². The first-order valence-corrected chi connectivity index (χ1v) is 9.83. The quantitative estimate of drug-likeness (QED) is 0.693. The molecule has 142 valence electrons. The summed E-state index contributed by atoms with van der Waals surface area (Å²) in [6.45, 7) is 3.92. The molecule has 2 aromatic rings. The minimum Gasteiger partial charge on any atom is -0.356 e. The molecular formula is C23H28N2O2. The Balaban J connectivity index is 1.40. The number of benzene rings is 2. The number of hydrogen-bond acceptors (Lipinski definition) is 2. The Bertz CT molecular complexity index is 745. The Labute approximate surface area is 161 Å². The molecule has 0 aliphatic heterocycles. The summed E-state index contributed by atoms with van der Waals surface area (Å²) in [6, 6.07) is 20.3. The van der Waals surface area contributed by atoms with E-state index in [1.807, 2.05) is 60.4 Å². The van der Waals surface area contributed by atoms with Gasteiger partial charge in [0.1, 0.15) is 0 Å². The molecule has 0 heterocycles. The highest BCUT2D eigenvalue weighted by Gasteiger charge is 2.49. The summed E-state index contributed by atoms with van der Waals surface area (Å²) in [5, 5.41) is 3.00. The fraction of sp³-hybridized carbons (Fsp3) is 0.391. The van der Waals surface area contributed by atoms with Gasteiger partial charge in [-0.2, -0.15) is 0 Å². The van der Waals surface area contributed by atoms with Gasteiger partial charge in [0.2, 0.25) is 11.8 Å². The molecule has 3 rings (SSSR count). The minimum absolute atomic E-state index is 0.0252. The van der Waals surface area contributed by atoms with E-state index < -0.39 is 0 Å². The van der Waals surface area contributed by atoms with Gasteiger partial charge >= 0.3 is 0 Å². The molecule has 0 bridgehead atoms. The molecule has 0 spiro atoms. The number of hydrogen-bond donors (Lipinski definition) is 1. The first-order chi connectivity index (χ1) is 13.2. The van der Waals surface area contributed by atoms with Crippen LogP contribution in [0.15, 0.2) is 60.7 Å². The van der Waals surface area contributed by atoms with E-state index in [1.54, 1.807) is 0 Å². The van der Waals surface area contributed by atoms with Gasteiger partial charge in [-0.15, -0.1) is 0 Å². The number of nitrogens with zero attached hydrogens (tertiary/aromatic N) is 1. The van der Waals surface area contributed by atoms with Gasteiger partial charge in [0.25, 0.3) is 0 Å². The molecule has 4 nitrogen and oxygen atoms in total. The van der Waals surface area contributed by atoms with Crippen molar-refractivity contribution in [3.63, 3.8) is 0 Å². The van der Waals surface area contributed by atoms with Crippen LogP contribution in [0.1, 0.15) is 30.9 Å². The van der Waals surface area contributed by atoms with Gasteiger partial charge < -0.3 is 10.2 Å². The van der Waals surface area contributed by atoms with Gasteiger partial charge in [0, 0.05) is 19.6 Å². The fourth-order valence-electron chi connectivity index (χ4n) is 3.42. The van der Waals surface area contributed by atoms with E-state index in [-0.39, 0.29) is 23.7 Å². The third-order valence-electron chi connectivity index (χ3n) is 5.14. The highest BCUT2D eigenvalue weighted by atomic mass is 16.2. The maximum Gasteiger partial charge on any atom is 0.226 e. The largest absolute Gasteiger partial charge is 0.356 e. The molecule has 1 aliphatic carbocycles. The topological polar surface area (TPSA) is 49.4 Å². The van der Waals surface area contributed by atoms with Crippen LogP contribution >= 0.6 is 0 Å². The zero-order chi connectivity index (χ0) is 19.1. The molecule has 1 fully saturated rings. The van der Waals surface area contributed by atoms with Crippen molar-refractivity contribution in [2.24, 2.45) is 11.8 Å². The van der Waals surface area contributed by atoms with E-state index in [4.69, 9.17) is 0 Å². The molecular weight excluding hydrogens is 336 g/mol.